The number of anilines is 1. The average Bonchev–Trinajstić information content (AvgIpc) is 2.35. The summed E-state index contributed by atoms with van der Waals surface area (Å²) in [6, 6.07) is 1.49. The molecular weight excluding hydrogens is 260 g/mol. The molecule has 0 radical (unpaired) electrons. The Morgan fingerprint density at radius 3 is 2.65 bits per heavy atom. The van der Waals surface area contributed by atoms with Crippen LogP contribution in [0, 0.1) is 0 Å². The molecule has 0 fully saturated rings. The third-order valence-corrected chi connectivity index (χ3v) is 2.22. The molecule has 1 aromatic heterocycles. The van der Waals surface area contributed by atoms with Crippen LogP contribution in [-0.2, 0) is 9.47 Å². The number of carbonyl (C=O) groups excluding carboxylic acids is 1. The van der Waals surface area contributed by atoms with Crippen molar-refractivity contribution in [1.29, 1.82) is 0 Å². The zero-order chi connectivity index (χ0) is 15.2. The summed E-state index contributed by atoms with van der Waals surface area (Å²) >= 11 is 0. The van der Waals surface area contributed by atoms with Crippen molar-refractivity contribution in [2.24, 2.45) is 0 Å². The number of ether oxygens (including phenoxy) is 3. The van der Waals surface area contributed by atoms with Crippen LogP contribution in [0.2, 0.25) is 0 Å². The minimum Gasteiger partial charge on any atom is -0.475 e. The van der Waals surface area contributed by atoms with Crippen molar-refractivity contribution in [2.75, 3.05) is 25.6 Å². The second kappa shape index (κ2) is 7.09. The summed E-state index contributed by atoms with van der Waals surface area (Å²) in [6.07, 6.45) is 1.43. The molecule has 0 amide bonds. The molecule has 0 aliphatic carbocycles. The van der Waals surface area contributed by atoms with Gasteiger partial charge in [0, 0.05) is 0 Å². The molecule has 0 unspecified atom stereocenters. The molecule has 1 rings (SSSR count). The summed E-state index contributed by atoms with van der Waals surface area (Å²) in [5.41, 5.74) is 5.99. The van der Waals surface area contributed by atoms with Crippen molar-refractivity contribution in [3.05, 3.63) is 17.8 Å². The Hall–Kier alpha value is -1.82. The van der Waals surface area contributed by atoms with E-state index in [1.165, 1.54) is 12.3 Å². The van der Waals surface area contributed by atoms with E-state index < -0.39 is 5.97 Å². The predicted molar refractivity (Wildman–Crippen MR) is 75.8 cm³/mol. The van der Waals surface area contributed by atoms with Crippen LogP contribution in [0.4, 0.5) is 5.69 Å². The first-order chi connectivity index (χ1) is 9.33. The number of aromatic nitrogens is 1. The summed E-state index contributed by atoms with van der Waals surface area (Å²) in [5.74, 6) is -0.297. The number of nitrogen functional groups attached to an aromatic ring is 1. The fourth-order valence-electron chi connectivity index (χ4n) is 1.42. The van der Waals surface area contributed by atoms with Crippen molar-refractivity contribution in [2.45, 2.75) is 33.3 Å². The lowest BCUT2D eigenvalue weighted by atomic mass is 10.2. The smallest absolute Gasteiger partial charge is 0.343 e. The fraction of sp³-hybridized carbons (Fsp3) is 0.571. The standard InChI is InChI=1S/C14H22N2O4/c1-5-18-13(17)11-8-10(15)9-16-12(11)19-6-7-20-14(2,3)4/h8-9H,5-7,15H2,1-4H3. The van der Waals surface area contributed by atoms with Crippen LogP contribution in [0.25, 0.3) is 0 Å². The van der Waals surface area contributed by atoms with Crippen molar-refractivity contribution in [3.63, 3.8) is 0 Å². The highest BCUT2D eigenvalue weighted by atomic mass is 16.5. The number of hydrogen-bond acceptors (Lipinski definition) is 6. The second-order valence-corrected chi connectivity index (χ2v) is 5.15. The van der Waals surface area contributed by atoms with Crippen molar-refractivity contribution in [1.82, 2.24) is 4.98 Å². The molecule has 0 saturated carbocycles. The number of nitrogens with zero attached hydrogens (tertiary/aromatic N) is 1. The SMILES string of the molecule is CCOC(=O)c1cc(N)cnc1OCCOC(C)(C)C. The maximum atomic E-state index is 11.8. The molecule has 0 atom stereocenters. The first-order valence-electron chi connectivity index (χ1n) is 6.53. The number of carbonyl (C=O) groups is 1. The largest absolute Gasteiger partial charge is 0.475 e. The molecule has 20 heavy (non-hydrogen) atoms. The van der Waals surface area contributed by atoms with Crippen LogP contribution >= 0.6 is 0 Å². The zero-order valence-corrected chi connectivity index (χ0v) is 12.4. The lowest BCUT2D eigenvalue weighted by Crippen LogP contribution is -2.23. The summed E-state index contributed by atoms with van der Waals surface area (Å²) in [5, 5.41) is 0. The van der Waals surface area contributed by atoms with Crippen molar-refractivity contribution >= 4 is 11.7 Å². The van der Waals surface area contributed by atoms with E-state index in [2.05, 4.69) is 4.98 Å². The van der Waals surface area contributed by atoms with E-state index >= 15 is 0 Å². The van der Waals surface area contributed by atoms with E-state index in [0.717, 1.165) is 0 Å². The Labute approximate surface area is 119 Å². The van der Waals surface area contributed by atoms with Gasteiger partial charge in [0.15, 0.2) is 0 Å². The van der Waals surface area contributed by atoms with Crippen LogP contribution in [0.5, 0.6) is 5.88 Å². The topological polar surface area (TPSA) is 83.7 Å². The molecule has 6 heteroatoms. The molecule has 0 aliphatic rings. The highest BCUT2D eigenvalue weighted by molar-refractivity contribution is 5.92. The maximum Gasteiger partial charge on any atom is 0.343 e. The van der Waals surface area contributed by atoms with Crippen molar-refractivity contribution < 1.29 is 19.0 Å². The number of nitrogens with two attached hydrogens (primary N) is 1. The highest BCUT2D eigenvalue weighted by Gasteiger charge is 2.16. The van der Waals surface area contributed by atoms with Gasteiger partial charge in [-0.2, -0.15) is 0 Å². The van der Waals surface area contributed by atoms with E-state index in [1.807, 2.05) is 20.8 Å². The Kier molecular flexibility index (Phi) is 5.76. The molecule has 0 saturated heterocycles. The molecule has 0 bridgehead atoms. The van der Waals surface area contributed by atoms with Crippen molar-refractivity contribution in [3.8, 4) is 5.88 Å². The molecule has 1 heterocycles. The summed E-state index contributed by atoms with van der Waals surface area (Å²) < 4.78 is 15.9. The lowest BCUT2D eigenvalue weighted by Gasteiger charge is -2.19. The number of rotatable bonds is 6. The van der Waals surface area contributed by atoms with Gasteiger partial charge in [-0.05, 0) is 33.8 Å². The van der Waals surface area contributed by atoms with Crippen LogP contribution in [0.1, 0.15) is 38.1 Å². The monoisotopic (exact) mass is 282 g/mol. The molecule has 2 N–H and O–H groups in total. The molecule has 112 valence electrons. The second-order valence-electron chi connectivity index (χ2n) is 5.15. The number of hydrogen-bond donors (Lipinski definition) is 1. The Morgan fingerprint density at radius 1 is 1.35 bits per heavy atom. The third kappa shape index (κ3) is 5.44. The van der Waals surface area contributed by atoms with Crippen LogP contribution < -0.4 is 10.5 Å². The van der Waals surface area contributed by atoms with Gasteiger partial charge in [-0.3, -0.25) is 0 Å². The number of esters is 1. The van der Waals surface area contributed by atoms with Gasteiger partial charge in [0.05, 0.1) is 30.7 Å². The first kappa shape index (κ1) is 16.2. The first-order valence-corrected chi connectivity index (χ1v) is 6.53. The van der Waals surface area contributed by atoms with E-state index in [9.17, 15) is 4.79 Å². The Bertz CT molecular complexity index is 455. The van der Waals surface area contributed by atoms with Crippen LogP contribution in [-0.4, -0.2) is 36.4 Å². The van der Waals surface area contributed by atoms with E-state index in [1.54, 1.807) is 6.92 Å². The van der Waals surface area contributed by atoms with Gasteiger partial charge in [-0.1, -0.05) is 0 Å². The molecule has 0 spiro atoms. The molecule has 0 aromatic carbocycles. The van der Waals surface area contributed by atoms with Gasteiger partial charge in [-0.25, -0.2) is 9.78 Å². The molecule has 1 aromatic rings. The van der Waals surface area contributed by atoms with Crippen LogP contribution in [0.3, 0.4) is 0 Å². The van der Waals surface area contributed by atoms with E-state index in [4.69, 9.17) is 19.9 Å². The summed E-state index contributed by atoms with van der Waals surface area (Å²) in [7, 11) is 0. The van der Waals surface area contributed by atoms with Gasteiger partial charge in [0.2, 0.25) is 5.88 Å². The Balaban J connectivity index is 2.67. The molecular formula is C14H22N2O4. The predicted octanol–water partition coefficient (Wildman–Crippen LogP) is 2.03. The summed E-state index contributed by atoms with van der Waals surface area (Å²) in [4.78, 5) is 15.8. The summed E-state index contributed by atoms with van der Waals surface area (Å²) in [6.45, 7) is 8.57. The zero-order valence-electron chi connectivity index (χ0n) is 12.4. The molecule has 0 aliphatic heterocycles. The highest BCUT2D eigenvalue weighted by Crippen LogP contribution is 2.19. The van der Waals surface area contributed by atoms with E-state index in [0.29, 0.717) is 18.9 Å². The van der Waals surface area contributed by atoms with E-state index in [-0.39, 0.29) is 23.7 Å². The van der Waals surface area contributed by atoms with Gasteiger partial charge >= 0.3 is 5.97 Å². The van der Waals surface area contributed by atoms with Gasteiger partial charge in [-0.15, -0.1) is 0 Å². The van der Waals surface area contributed by atoms with Crippen LogP contribution in [0.15, 0.2) is 12.3 Å². The van der Waals surface area contributed by atoms with Gasteiger partial charge in [0.1, 0.15) is 12.2 Å². The normalized spacial score (nSPS) is 11.2. The maximum absolute atomic E-state index is 11.8. The third-order valence-electron chi connectivity index (χ3n) is 2.22. The molecule has 6 nitrogen and oxygen atoms in total. The fourth-order valence-corrected chi connectivity index (χ4v) is 1.42. The number of pyridine rings is 1. The average molecular weight is 282 g/mol. The minimum absolute atomic E-state index is 0.204. The van der Waals surface area contributed by atoms with Gasteiger partial charge in [0.25, 0.3) is 0 Å². The minimum atomic E-state index is -0.501. The lowest BCUT2D eigenvalue weighted by molar-refractivity contribution is -0.0170. The van der Waals surface area contributed by atoms with Gasteiger partial charge < -0.3 is 19.9 Å². The quantitative estimate of drug-likeness (QED) is 0.635. The Morgan fingerprint density at radius 2 is 2.05 bits per heavy atom.